The van der Waals surface area contributed by atoms with Crippen molar-refractivity contribution in [2.75, 3.05) is 19.6 Å². The summed E-state index contributed by atoms with van der Waals surface area (Å²) in [5.74, 6) is 0.494. The van der Waals surface area contributed by atoms with E-state index in [0.717, 1.165) is 32.1 Å². The fourth-order valence-corrected chi connectivity index (χ4v) is 4.21. The van der Waals surface area contributed by atoms with Crippen molar-refractivity contribution in [2.24, 2.45) is 11.8 Å². The number of aryl methyl sites for hydroxylation is 1. The summed E-state index contributed by atoms with van der Waals surface area (Å²) in [5, 5.41) is 3.04. The first-order chi connectivity index (χ1) is 12.1. The van der Waals surface area contributed by atoms with Gasteiger partial charge in [0.05, 0.1) is 5.92 Å². The molecule has 1 saturated carbocycles. The van der Waals surface area contributed by atoms with Gasteiger partial charge in [-0.1, -0.05) is 49.6 Å². The molecule has 1 heterocycles. The van der Waals surface area contributed by atoms with Crippen LogP contribution in [0.1, 0.15) is 56.1 Å². The van der Waals surface area contributed by atoms with Gasteiger partial charge in [0.25, 0.3) is 0 Å². The normalized spacial score (nSPS) is 23.8. The first-order valence-electron chi connectivity index (χ1n) is 9.73. The quantitative estimate of drug-likeness (QED) is 0.893. The lowest BCUT2D eigenvalue weighted by atomic mass is 9.88. The molecule has 136 valence electrons. The molecule has 4 nitrogen and oxygen atoms in total. The van der Waals surface area contributed by atoms with Gasteiger partial charge in [-0.3, -0.25) is 9.59 Å². The van der Waals surface area contributed by atoms with Gasteiger partial charge in [0.2, 0.25) is 11.8 Å². The lowest BCUT2D eigenvalue weighted by Crippen LogP contribution is -2.37. The van der Waals surface area contributed by atoms with Crippen LogP contribution in [-0.4, -0.2) is 36.3 Å². The number of nitrogens with one attached hydrogen (secondary N) is 1. The lowest BCUT2D eigenvalue weighted by molar-refractivity contribution is -0.134. The maximum atomic E-state index is 12.9. The Bertz CT molecular complexity index is 605. The van der Waals surface area contributed by atoms with Crippen molar-refractivity contribution >= 4 is 11.8 Å². The molecule has 2 amide bonds. The third-order valence-electron chi connectivity index (χ3n) is 5.73. The highest BCUT2D eigenvalue weighted by atomic mass is 16.2. The zero-order valence-corrected chi connectivity index (χ0v) is 15.5. The minimum Gasteiger partial charge on any atom is -0.356 e. The lowest BCUT2D eigenvalue weighted by Gasteiger charge is -2.20. The molecule has 2 unspecified atom stereocenters. The van der Waals surface area contributed by atoms with Gasteiger partial charge in [0, 0.05) is 31.5 Å². The monoisotopic (exact) mass is 342 g/mol. The summed E-state index contributed by atoms with van der Waals surface area (Å²) in [5.41, 5.74) is 2.39. The molecule has 1 saturated heterocycles. The van der Waals surface area contributed by atoms with E-state index in [1.807, 2.05) is 4.90 Å². The Kier molecular flexibility index (Phi) is 5.77. The van der Waals surface area contributed by atoms with Crippen LogP contribution in [-0.2, 0) is 9.59 Å². The van der Waals surface area contributed by atoms with Crippen LogP contribution >= 0.6 is 0 Å². The molecular weight excluding hydrogens is 312 g/mol. The van der Waals surface area contributed by atoms with Crippen LogP contribution < -0.4 is 5.32 Å². The number of amides is 2. The molecule has 1 aromatic rings. The summed E-state index contributed by atoms with van der Waals surface area (Å²) < 4.78 is 0. The van der Waals surface area contributed by atoms with Gasteiger partial charge >= 0.3 is 0 Å². The number of hydrogen-bond donors (Lipinski definition) is 1. The summed E-state index contributed by atoms with van der Waals surface area (Å²) in [6.45, 7) is 6.06. The first-order valence-corrected chi connectivity index (χ1v) is 9.73. The maximum absolute atomic E-state index is 12.9. The molecule has 2 atom stereocenters. The number of rotatable bonds is 5. The fraction of sp³-hybridized carbons (Fsp3) is 0.619. The molecule has 2 aliphatic rings. The van der Waals surface area contributed by atoms with E-state index in [1.54, 1.807) is 0 Å². The van der Waals surface area contributed by atoms with E-state index >= 15 is 0 Å². The molecular formula is C21H30N2O2. The highest BCUT2D eigenvalue weighted by Gasteiger charge is 2.41. The largest absolute Gasteiger partial charge is 0.356 e. The predicted octanol–water partition coefficient (Wildman–Crippen LogP) is 3.25. The van der Waals surface area contributed by atoms with E-state index in [1.165, 1.54) is 11.1 Å². The van der Waals surface area contributed by atoms with E-state index in [2.05, 4.69) is 43.4 Å². The highest BCUT2D eigenvalue weighted by molar-refractivity contribution is 5.84. The third-order valence-corrected chi connectivity index (χ3v) is 5.73. The second kappa shape index (κ2) is 8.03. The molecule has 0 radical (unpaired) electrons. The van der Waals surface area contributed by atoms with E-state index in [9.17, 15) is 9.59 Å². The molecule has 1 N–H and O–H groups in total. The zero-order chi connectivity index (χ0) is 17.8. The minimum atomic E-state index is -0.139. The molecule has 0 bridgehead atoms. The van der Waals surface area contributed by atoms with Gasteiger partial charge in [-0.25, -0.2) is 0 Å². The Morgan fingerprint density at radius 2 is 1.80 bits per heavy atom. The summed E-state index contributed by atoms with van der Waals surface area (Å²) >= 11 is 0. The van der Waals surface area contributed by atoms with Gasteiger partial charge < -0.3 is 10.2 Å². The number of carbonyl (C=O) groups excluding carboxylic acids is 2. The van der Waals surface area contributed by atoms with E-state index in [0.29, 0.717) is 19.6 Å². The van der Waals surface area contributed by atoms with E-state index < -0.39 is 0 Å². The Balaban J connectivity index is 1.77. The number of benzene rings is 1. The molecule has 0 spiro atoms. The van der Waals surface area contributed by atoms with Crippen LogP contribution in [0.5, 0.6) is 0 Å². The molecule has 2 fully saturated rings. The van der Waals surface area contributed by atoms with E-state index in [-0.39, 0.29) is 29.6 Å². The predicted molar refractivity (Wildman–Crippen MR) is 99.2 cm³/mol. The van der Waals surface area contributed by atoms with Crippen molar-refractivity contribution in [1.82, 2.24) is 10.2 Å². The number of hydrogen-bond acceptors (Lipinski definition) is 2. The zero-order valence-electron chi connectivity index (χ0n) is 15.5. The third kappa shape index (κ3) is 4.05. The summed E-state index contributed by atoms with van der Waals surface area (Å²) in [7, 11) is 0. The summed E-state index contributed by atoms with van der Waals surface area (Å²) in [6.07, 6.45) is 5.27. The molecule has 4 heteroatoms. The number of nitrogens with zero attached hydrogens (tertiary/aromatic N) is 1. The molecule has 25 heavy (non-hydrogen) atoms. The molecule has 1 aliphatic carbocycles. The van der Waals surface area contributed by atoms with Gasteiger partial charge in [0.15, 0.2) is 0 Å². The van der Waals surface area contributed by atoms with Gasteiger partial charge in [-0.15, -0.1) is 0 Å². The van der Waals surface area contributed by atoms with Crippen molar-refractivity contribution in [1.29, 1.82) is 0 Å². The molecule has 1 aromatic carbocycles. The van der Waals surface area contributed by atoms with Crippen molar-refractivity contribution < 1.29 is 9.59 Å². The summed E-state index contributed by atoms with van der Waals surface area (Å²) in [4.78, 5) is 27.5. The van der Waals surface area contributed by atoms with Crippen LogP contribution in [0.15, 0.2) is 24.3 Å². The number of carbonyl (C=O) groups is 2. The highest BCUT2D eigenvalue weighted by Crippen LogP contribution is 2.36. The Labute approximate surface area is 151 Å². The van der Waals surface area contributed by atoms with Crippen molar-refractivity contribution in [3.05, 3.63) is 35.4 Å². The topological polar surface area (TPSA) is 49.4 Å². The van der Waals surface area contributed by atoms with Crippen molar-refractivity contribution in [3.63, 3.8) is 0 Å². The van der Waals surface area contributed by atoms with Gasteiger partial charge in [-0.05, 0) is 31.7 Å². The Morgan fingerprint density at radius 3 is 2.44 bits per heavy atom. The Morgan fingerprint density at radius 1 is 1.12 bits per heavy atom. The Hall–Kier alpha value is -1.84. The van der Waals surface area contributed by atoms with Crippen LogP contribution in [0.2, 0.25) is 0 Å². The average molecular weight is 342 g/mol. The molecule has 0 aromatic heterocycles. The van der Waals surface area contributed by atoms with Crippen molar-refractivity contribution in [2.45, 2.75) is 51.9 Å². The van der Waals surface area contributed by atoms with Crippen molar-refractivity contribution in [3.8, 4) is 0 Å². The fourth-order valence-electron chi connectivity index (χ4n) is 4.21. The first kappa shape index (κ1) is 18.0. The average Bonchev–Trinajstić information content (AvgIpc) is 3.29. The van der Waals surface area contributed by atoms with Gasteiger partial charge in [-0.2, -0.15) is 0 Å². The van der Waals surface area contributed by atoms with Gasteiger partial charge in [0.1, 0.15) is 0 Å². The smallest absolute Gasteiger partial charge is 0.225 e. The second-order valence-electron chi connectivity index (χ2n) is 7.64. The SMILES string of the molecule is CCCNC(=O)C1CN(C(=O)C2CCCC2)CC1c1ccc(C)cc1. The summed E-state index contributed by atoms with van der Waals surface area (Å²) in [6, 6.07) is 8.42. The van der Waals surface area contributed by atoms with Crippen LogP contribution in [0.3, 0.4) is 0 Å². The standard InChI is InChI=1S/C21H30N2O2/c1-3-12-22-20(24)19-14-23(21(25)17-6-4-5-7-17)13-18(19)16-10-8-15(2)9-11-16/h8-11,17-19H,3-7,12-14H2,1-2H3,(H,22,24). The minimum absolute atomic E-state index is 0.0918. The van der Waals surface area contributed by atoms with Crippen LogP contribution in [0.4, 0.5) is 0 Å². The maximum Gasteiger partial charge on any atom is 0.225 e. The second-order valence-corrected chi connectivity index (χ2v) is 7.64. The molecule has 1 aliphatic heterocycles. The molecule has 3 rings (SSSR count). The van der Waals surface area contributed by atoms with Crippen LogP contribution in [0.25, 0.3) is 0 Å². The van der Waals surface area contributed by atoms with E-state index in [4.69, 9.17) is 0 Å². The number of likely N-dealkylation sites (tertiary alicyclic amines) is 1. The van der Waals surface area contributed by atoms with Crippen LogP contribution in [0, 0.1) is 18.8 Å².